The Morgan fingerprint density at radius 3 is 1.75 bits per heavy atom. The molecule has 2 aromatic carbocycles. The summed E-state index contributed by atoms with van der Waals surface area (Å²) >= 11 is 7.86. The fraction of sp³-hybridized carbons (Fsp3) is 0.0930. The summed E-state index contributed by atoms with van der Waals surface area (Å²) in [6, 6.07) is 29.8. The monoisotopic (exact) mass is 871 g/mol. The largest absolute Gasteiger partial charge is 0.384 e. The number of ketones is 1. The molecule has 7 heterocycles. The number of nitrogens with zero attached hydrogens (tertiary/aromatic N) is 9. The minimum absolute atomic E-state index is 0.00103. The summed E-state index contributed by atoms with van der Waals surface area (Å²) in [4.78, 5) is 59.2. The molecule has 0 saturated heterocycles. The molecule has 0 bridgehead atoms. The number of anilines is 3. The normalized spacial score (nSPS) is 10.4. The number of benzene rings is 2. The number of aromatic amines is 1. The molecule has 0 atom stereocenters. The molecule has 2 amide bonds. The second-order valence-electron chi connectivity index (χ2n) is 12.9. The highest BCUT2D eigenvalue weighted by Crippen LogP contribution is 2.27. The Bertz CT molecular complexity index is 2890. The highest BCUT2D eigenvalue weighted by Gasteiger charge is 2.19. The third-order valence-electron chi connectivity index (χ3n) is 8.92. The Labute approximate surface area is 362 Å². The van der Waals surface area contributed by atoms with E-state index in [-0.39, 0.29) is 22.8 Å². The number of hydrogen-bond donors (Lipinski definition) is 2. The molecule has 9 rings (SSSR count). The van der Waals surface area contributed by atoms with Crippen LogP contribution in [-0.4, -0.2) is 76.3 Å². The molecular formula is C43H38ClN11O4S2. The molecule has 0 spiro atoms. The zero-order chi connectivity index (χ0) is 43.5. The van der Waals surface area contributed by atoms with Crippen molar-refractivity contribution in [2.75, 3.05) is 29.6 Å². The second kappa shape index (κ2) is 20.1. The molecule has 7 aromatic heterocycles. The van der Waals surface area contributed by atoms with E-state index in [1.54, 1.807) is 95.1 Å². The number of amides is 2. The average molecular weight is 872 g/mol. The van der Waals surface area contributed by atoms with Crippen molar-refractivity contribution in [1.82, 2.24) is 39.4 Å². The van der Waals surface area contributed by atoms with Gasteiger partial charge in [-0.1, -0.05) is 36.4 Å². The third kappa shape index (κ3) is 10.6. The summed E-state index contributed by atoms with van der Waals surface area (Å²) in [5, 5.41) is 18.1. The molecule has 0 unspecified atom stereocenters. The molecular weight excluding hydrogens is 834 g/mol. The summed E-state index contributed by atoms with van der Waals surface area (Å²) in [6.07, 6.45) is 8.30. The minimum atomic E-state index is -0.375. The van der Waals surface area contributed by atoms with Crippen molar-refractivity contribution in [2.24, 2.45) is 0 Å². The smallest absolute Gasteiger partial charge is 0.262 e. The topological polar surface area (TPSA) is 190 Å². The van der Waals surface area contributed by atoms with Crippen molar-refractivity contribution in [2.45, 2.75) is 13.8 Å². The fourth-order valence-electron chi connectivity index (χ4n) is 5.63. The van der Waals surface area contributed by atoms with E-state index in [0.29, 0.717) is 26.8 Å². The van der Waals surface area contributed by atoms with Crippen molar-refractivity contribution >= 4 is 85.6 Å². The maximum atomic E-state index is 12.7. The van der Waals surface area contributed by atoms with E-state index < -0.39 is 0 Å². The number of nitrogens with two attached hydrogens (primary N) is 1. The van der Waals surface area contributed by atoms with Crippen LogP contribution in [0.5, 0.6) is 0 Å². The Hall–Kier alpha value is -7.34. The lowest BCUT2D eigenvalue weighted by Gasteiger charge is -2.16. The molecule has 308 valence electrons. The van der Waals surface area contributed by atoms with Crippen molar-refractivity contribution in [3.63, 3.8) is 0 Å². The molecule has 61 heavy (non-hydrogen) atoms. The van der Waals surface area contributed by atoms with E-state index in [1.807, 2.05) is 83.6 Å². The van der Waals surface area contributed by atoms with E-state index in [0.717, 1.165) is 39.5 Å². The average Bonchev–Trinajstić information content (AvgIpc) is 4.14. The lowest BCUT2D eigenvalue weighted by molar-refractivity contribution is -0.117. The van der Waals surface area contributed by atoms with Crippen LogP contribution in [0, 0.1) is 0 Å². The zero-order valence-corrected chi connectivity index (χ0v) is 35.6. The first-order valence-corrected chi connectivity index (χ1v) is 20.4. The first-order chi connectivity index (χ1) is 29.4. The minimum Gasteiger partial charge on any atom is -0.384 e. The van der Waals surface area contributed by atoms with Crippen LogP contribution >= 0.6 is 34.3 Å². The first kappa shape index (κ1) is 43.2. The van der Waals surface area contributed by atoms with Gasteiger partial charge in [0.1, 0.15) is 5.82 Å². The third-order valence-corrected chi connectivity index (χ3v) is 11.0. The van der Waals surface area contributed by atoms with Gasteiger partial charge in [0.25, 0.3) is 5.24 Å². The number of carbonyl (C=O) groups is 4. The number of nitrogen functional groups attached to an aromatic ring is 1. The maximum Gasteiger partial charge on any atom is 0.262 e. The molecule has 0 fully saturated rings. The summed E-state index contributed by atoms with van der Waals surface area (Å²) in [6.45, 7) is 3.07. The number of thiophene rings is 2. The molecule has 0 aliphatic rings. The van der Waals surface area contributed by atoms with E-state index in [1.165, 1.54) is 29.6 Å². The summed E-state index contributed by atoms with van der Waals surface area (Å²) in [5.41, 5.74) is 12.2. The number of H-pyrrole nitrogens is 1. The lowest BCUT2D eigenvalue weighted by atomic mass is 10.1. The van der Waals surface area contributed by atoms with Crippen LogP contribution in [-0.2, 0) is 9.59 Å². The lowest BCUT2D eigenvalue weighted by Crippen LogP contribution is -2.22. The van der Waals surface area contributed by atoms with Gasteiger partial charge in [0, 0.05) is 68.9 Å². The highest BCUT2D eigenvalue weighted by atomic mass is 35.5. The van der Waals surface area contributed by atoms with Gasteiger partial charge in [-0.25, -0.2) is 19.0 Å². The molecule has 0 aliphatic heterocycles. The molecule has 15 nitrogen and oxygen atoms in total. The molecule has 3 N–H and O–H groups in total. The molecule has 18 heteroatoms. The van der Waals surface area contributed by atoms with E-state index in [4.69, 9.17) is 17.3 Å². The number of nitrogens with one attached hydrogen (secondary N) is 1. The van der Waals surface area contributed by atoms with Crippen molar-refractivity contribution in [3.8, 4) is 22.5 Å². The summed E-state index contributed by atoms with van der Waals surface area (Å²) in [7, 11) is 3.49. The standard InChI is InChI=1S/C20H16N4O2S.C15H14N4O.C5H3ClOS.C3H5N3/c1-13(25)23(2)15-6-3-5-14(11-15)17-8-9-21-20-16(12-22-24(17)20)19(26)18-7-4-10-27-18;1-11(20)18(2)13-5-3-4-12(10-13)14-6-8-16-15-7-9-17-19(14)15;6-5(7)4-2-1-3-8-4;4-3-1-2-5-6-3/h3-12H,1-2H3;3-10H,1-2H3;1-3H;1-2H,(H3,4,5,6). The van der Waals surface area contributed by atoms with Gasteiger partial charge in [-0.2, -0.15) is 15.3 Å². The molecule has 0 aliphatic carbocycles. The molecule has 0 saturated carbocycles. The van der Waals surface area contributed by atoms with Crippen LogP contribution in [0.4, 0.5) is 17.2 Å². The highest BCUT2D eigenvalue weighted by molar-refractivity contribution is 7.14. The van der Waals surface area contributed by atoms with E-state index in [2.05, 4.69) is 30.4 Å². The Balaban J connectivity index is 0.000000158. The van der Waals surface area contributed by atoms with Gasteiger partial charge >= 0.3 is 0 Å². The van der Waals surface area contributed by atoms with Gasteiger partial charge in [0.2, 0.25) is 17.6 Å². The van der Waals surface area contributed by atoms with Gasteiger partial charge in [0.05, 0.1) is 45.3 Å². The van der Waals surface area contributed by atoms with Crippen LogP contribution in [0.3, 0.4) is 0 Å². The number of halogens is 1. The zero-order valence-electron chi connectivity index (χ0n) is 33.2. The van der Waals surface area contributed by atoms with Crippen molar-refractivity contribution in [3.05, 3.63) is 154 Å². The number of rotatable bonds is 7. The quantitative estimate of drug-likeness (QED) is 0.117. The van der Waals surface area contributed by atoms with E-state index >= 15 is 0 Å². The van der Waals surface area contributed by atoms with Crippen molar-refractivity contribution in [1.29, 1.82) is 0 Å². The fourth-order valence-corrected chi connectivity index (χ4v) is 7.06. The summed E-state index contributed by atoms with van der Waals surface area (Å²) < 4.78 is 3.45. The summed E-state index contributed by atoms with van der Waals surface area (Å²) in [5.74, 6) is 0.473. The Morgan fingerprint density at radius 2 is 1.26 bits per heavy atom. The number of hydrogen-bond acceptors (Lipinski definition) is 12. The van der Waals surface area contributed by atoms with E-state index in [9.17, 15) is 19.2 Å². The number of aromatic nitrogens is 8. The maximum absolute atomic E-state index is 12.7. The SMILES string of the molecule is CC(=O)N(C)c1cccc(-c2ccnc3c(C(=O)c4cccs4)cnn23)c1.CC(=O)N(C)c1cccc(-c2ccnc3ccnn23)c1.Nc1ccn[nH]1.O=C(Cl)c1cccs1. The van der Waals surface area contributed by atoms with Gasteiger partial charge in [-0.15, -0.1) is 22.7 Å². The first-order valence-electron chi connectivity index (χ1n) is 18.3. The Morgan fingerprint density at radius 1 is 0.672 bits per heavy atom. The van der Waals surface area contributed by atoms with Gasteiger partial charge in [-0.3, -0.25) is 24.3 Å². The second-order valence-corrected chi connectivity index (χ2v) is 15.1. The van der Waals surface area contributed by atoms with Crippen LogP contribution in [0.15, 0.2) is 139 Å². The molecule has 9 aromatic rings. The van der Waals surface area contributed by atoms with Gasteiger partial charge < -0.3 is 15.5 Å². The Kier molecular flexibility index (Phi) is 14.2. The molecule has 0 radical (unpaired) electrons. The van der Waals surface area contributed by atoms with Gasteiger partial charge in [0.15, 0.2) is 11.3 Å². The number of carbonyl (C=O) groups excluding carboxylic acids is 4. The van der Waals surface area contributed by atoms with Crippen LogP contribution < -0.4 is 15.5 Å². The van der Waals surface area contributed by atoms with Crippen LogP contribution in [0.25, 0.3) is 33.8 Å². The van der Waals surface area contributed by atoms with Crippen LogP contribution in [0.1, 0.15) is 38.8 Å². The predicted octanol–water partition coefficient (Wildman–Crippen LogP) is 8.17. The van der Waals surface area contributed by atoms with Crippen LogP contribution in [0.2, 0.25) is 0 Å². The number of fused-ring (bicyclic) bond motifs is 2. The van der Waals surface area contributed by atoms with Gasteiger partial charge in [-0.05, 0) is 77.0 Å². The van der Waals surface area contributed by atoms with Crippen molar-refractivity contribution < 1.29 is 19.2 Å². The predicted molar refractivity (Wildman–Crippen MR) is 240 cm³/mol.